The third kappa shape index (κ3) is 2.65. The standard InChI is InChI=1S/C18H16O5/c1-10(17(20)16-15(19)9-23-18(16)21)11-3-4-13-8-14(22-2)6-5-12(13)7-11/h3-8,10,20H,9H2,1-2H3/b17-16-. The Morgan fingerprint density at radius 3 is 2.52 bits per heavy atom. The minimum Gasteiger partial charge on any atom is -0.511 e. The number of Topliss-reactive ketones (excluding diaryl/α,β-unsaturated/α-hetero) is 1. The van der Waals surface area contributed by atoms with Gasteiger partial charge in [-0.2, -0.15) is 0 Å². The van der Waals surface area contributed by atoms with E-state index in [1.54, 1.807) is 14.0 Å². The van der Waals surface area contributed by atoms with Crippen molar-refractivity contribution >= 4 is 22.5 Å². The van der Waals surface area contributed by atoms with Crippen molar-refractivity contribution in [3.8, 4) is 5.75 Å². The Kier molecular flexibility index (Phi) is 3.78. The van der Waals surface area contributed by atoms with Crippen molar-refractivity contribution in [3.63, 3.8) is 0 Å². The molecule has 0 aromatic heterocycles. The molecule has 1 fully saturated rings. The van der Waals surface area contributed by atoms with Crippen LogP contribution in [0.3, 0.4) is 0 Å². The van der Waals surface area contributed by atoms with Gasteiger partial charge in [-0.05, 0) is 28.5 Å². The molecule has 2 aromatic carbocycles. The van der Waals surface area contributed by atoms with Crippen LogP contribution in [0.2, 0.25) is 0 Å². The lowest BCUT2D eigenvalue weighted by molar-refractivity contribution is -0.135. The maximum atomic E-state index is 11.7. The molecule has 1 unspecified atom stereocenters. The molecule has 5 nitrogen and oxygen atoms in total. The van der Waals surface area contributed by atoms with Crippen LogP contribution in [0.15, 0.2) is 47.7 Å². The third-order valence-corrected chi connectivity index (χ3v) is 4.06. The number of rotatable bonds is 3. The number of aliphatic hydroxyl groups excluding tert-OH is 1. The van der Waals surface area contributed by atoms with E-state index in [4.69, 9.17) is 4.74 Å². The summed E-state index contributed by atoms with van der Waals surface area (Å²) in [7, 11) is 1.61. The van der Waals surface area contributed by atoms with E-state index in [0.29, 0.717) is 0 Å². The molecular formula is C18H16O5. The van der Waals surface area contributed by atoms with E-state index in [-0.39, 0.29) is 17.9 Å². The Hall–Kier alpha value is -2.82. The predicted molar refractivity (Wildman–Crippen MR) is 84.5 cm³/mol. The summed E-state index contributed by atoms with van der Waals surface area (Å²) >= 11 is 0. The average Bonchev–Trinajstić information content (AvgIpc) is 2.91. The largest absolute Gasteiger partial charge is 0.511 e. The van der Waals surface area contributed by atoms with E-state index in [1.165, 1.54) is 0 Å². The smallest absolute Gasteiger partial charge is 0.345 e. The Labute approximate surface area is 133 Å². The van der Waals surface area contributed by atoms with Crippen molar-refractivity contribution in [1.82, 2.24) is 0 Å². The molecule has 0 bridgehead atoms. The van der Waals surface area contributed by atoms with Crippen LogP contribution in [0.1, 0.15) is 18.4 Å². The first-order chi connectivity index (χ1) is 11.0. The Balaban J connectivity index is 2.01. The number of carbonyl (C=O) groups excluding carboxylic acids is 2. The van der Waals surface area contributed by atoms with Gasteiger partial charge in [0, 0.05) is 5.92 Å². The molecule has 1 saturated heterocycles. The summed E-state index contributed by atoms with van der Waals surface area (Å²) in [6, 6.07) is 11.4. The topological polar surface area (TPSA) is 72.8 Å². The van der Waals surface area contributed by atoms with Crippen molar-refractivity contribution in [2.45, 2.75) is 12.8 Å². The second-order valence-electron chi connectivity index (χ2n) is 5.45. The fourth-order valence-electron chi connectivity index (χ4n) is 2.65. The highest BCUT2D eigenvalue weighted by Crippen LogP contribution is 2.30. The monoisotopic (exact) mass is 312 g/mol. The minimum atomic E-state index is -0.759. The van der Waals surface area contributed by atoms with Crippen LogP contribution >= 0.6 is 0 Å². The van der Waals surface area contributed by atoms with Crippen molar-refractivity contribution in [2.75, 3.05) is 13.7 Å². The van der Waals surface area contributed by atoms with Gasteiger partial charge in [0.25, 0.3) is 0 Å². The zero-order chi connectivity index (χ0) is 16.6. The van der Waals surface area contributed by atoms with E-state index in [1.807, 2.05) is 36.4 Å². The van der Waals surface area contributed by atoms with Gasteiger partial charge in [-0.15, -0.1) is 0 Å². The SMILES string of the molecule is COc1ccc2cc(C(C)/C(O)=C3\C(=O)COC3=O)ccc2c1. The van der Waals surface area contributed by atoms with Gasteiger partial charge in [-0.1, -0.05) is 31.2 Å². The molecule has 1 N–H and O–H groups in total. The molecule has 0 spiro atoms. The van der Waals surface area contributed by atoms with Gasteiger partial charge in [0.1, 0.15) is 17.1 Å². The number of allylic oxidation sites excluding steroid dienone is 1. The Bertz CT molecular complexity index is 816. The second-order valence-corrected chi connectivity index (χ2v) is 5.45. The second kappa shape index (κ2) is 5.76. The molecule has 23 heavy (non-hydrogen) atoms. The Morgan fingerprint density at radius 2 is 1.87 bits per heavy atom. The molecule has 0 saturated carbocycles. The average molecular weight is 312 g/mol. The lowest BCUT2D eigenvalue weighted by atomic mass is 9.93. The quantitative estimate of drug-likeness (QED) is 0.408. The number of carbonyl (C=O) groups is 2. The molecule has 3 rings (SSSR count). The number of methoxy groups -OCH3 is 1. The van der Waals surface area contributed by atoms with Crippen molar-refractivity contribution < 1.29 is 24.2 Å². The molecule has 5 heteroatoms. The number of cyclic esters (lactones) is 1. The van der Waals surface area contributed by atoms with Crippen molar-refractivity contribution in [1.29, 1.82) is 0 Å². The van der Waals surface area contributed by atoms with Crippen LogP contribution in [0.4, 0.5) is 0 Å². The summed E-state index contributed by atoms with van der Waals surface area (Å²) in [6.45, 7) is 1.44. The summed E-state index contributed by atoms with van der Waals surface area (Å²) in [5.41, 5.74) is 0.562. The number of hydrogen-bond donors (Lipinski definition) is 1. The lowest BCUT2D eigenvalue weighted by Crippen LogP contribution is -2.10. The first-order valence-electron chi connectivity index (χ1n) is 7.22. The number of ketones is 1. The van der Waals surface area contributed by atoms with Gasteiger partial charge in [0.2, 0.25) is 5.78 Å². The van der Waals surface area contributed by atoms with Gasteiger partial charge in [-0.25, -0.2) is 4.79 Å². The third-order valence-electron chi connectivity index (χ3n) is 4.06. The summed E-state index contributed by atoms with van der Waals surface area (Å²) in [6.07, 6.45) is 0. The normalized spacial score (nSPS) is 18.0. The predicted octanol–water partition coefficient (Wildman–Crippen LogP) is 2.89. The van der Waals surface area contributed by atoms with E-state index < -0.39 is 17.7 Å². The van der Waals surface area contributed by atoms with Crippen LogP contribution in [-0.2, 0) is 14.3 Å². The highest BCUT2D eigenvalue weighted by Gasteiger charge is 2.33. The maximum Gasteiger partial charge on any atom is 0.345 e. The van der Waals surface area contributed by atoms with E-state index in [0.717, 1.165) is 22.1 Å². The molecule has 118 valence electrons. The molecule has 1 heterocycles. The van der Waals surface area contributed by atoms with Gasteiger partial charge in [-0.3, -0.25) is 4.79 Å². The number of esters is 1. The van der Waals surface area contributed by atoms with Gasteiger partial charge < -0.3 is 14.6 Å². The molecule has 2 aromatic rings. The first-order valence-corrected chi connectivity index (χ1v) is 7.22. The summed E-state index contributed by atoms with van der Waals surface area (Å²) in [5, 5.41) is 12.3. The van der Waals surface area contributed by atoms with E-state index in [9.17, 15) is 14.7 Å². The molecule has 1 aliphatic rings. The highest BCUT2D eigenvalue weighted by molar-refractivity contribution is 6.22. The zero-order valence-corrected chi connectivity index (χ0v) is 12.8. The summed E-state index contributed by atoms with van der Waals surface area (Å²) < 4.78 is 9.85. The number of ether oxygens (including phenoxy) is 2. The molecule has 0 amide bonds. The maximum absolute atomic E-state index is 11.7. The minimum absolute atomic E-state index is 0.243. The highest BCUT2D eigenvalue weighted by atomic mass is 16.5. The lowest BCUT2D eigenvalue weighted by Gasteiger charge is -2.13. The Morgan fingerprint density at radius 1 is 1.17 bits per heavy atom. The van der Waals surface area contributed by atoms with Crippen LogP contribution in [0, 0.1) is 0 Å². The summed E-state index contributed by atoms with van der Waals surface area (Å²) in [5.74, 6) is -1.20. The molecule has 1 aliphatic heterocycles. The first kappa shape index (κ1) is 15.1. The van der Waals surface area contributed by atoms with Crippen molar-refractivity contribution in [3.05, 3.63) is 53.3 Å². The summed E-state index contributed by atoms with van der Waals surface area (Å²) in [4.78, 5) is 23.2. The molecule has 1 atom stereocenters. The van der Waals surface area contributed by atoms with Gasteiger partial charge >= 0.3 is 5.97 Å². The van der Waals surface area contributed by atoms with Crippen LogP contribution in [0.5, 0.6) is 5.75 Å². The number of hydrogen-bond acceptors (Lipinski definition) is 5. The molecule has 0 aliphatic carbocycles. The molecular weight excluding hydrogens is 296 g/mol. The molecule has 0 radical (unpaired) electrons. The fraction of sp³-hybridized carbons (Fsp3) is 0.222. The number of fused-ring (bicyclic) bond motifs is 1. The number of aliphatic hydroxyl groups is 1. The van der Waals surface area contributed by atoms with Crippen LogP contribution in [0.25, 0.3) is 10.8 Å². The van der Waals surface area contributed by atoms with Crippen LogP contribution < -0.4 is 4.74 Å². The number of benzene rings is 2. The van der Waals surface area contributed by atoms with Crippen molar-refractivity contribution in [2.24, 2.45) is 0 Å². The van der Waals surface area contributed by atoms with Gasteiger partial charge in [0.15, 0.2) is 6.61 Å². The fourth-order valence-corrected chi connectivity index (χ4v) is 2.65. The zero-order valence-electron chi connectivity index (χ0n) is 12.8. The van der Waals surface area contributed by atoms with Gasteiger partial charge in [0.05, 0.1) is 7.11 Å². The van der Waals surface area contributed by atoms with E-state index >= 15 is 0 Å². The van der Waals surface area contributed by atoms with Crippen LogP contribution in [-0.4, -0.2) is 30.6 Å². The van der Waals surface area contributed by atoms with E-state index in [2.05, 4.69) is 4.74 Å².